The molecule has 2 heterocycles. The van der Waals surface area contributed by atoms with Crippen molar-refractivity contribution in [1.29, 1.82) is 0 Å². The summed E-state index contributed by atoms with van der Waals surface area (Å²) in [5.74, 6) is 0. The van der Waals surface area contributed by atoms with Crippen molar-refractivity contribution in [2.45, 2.75) is 25.0 Å². The molecule has 2 aliphatic heterocycles. The summed E-state index contributed by atoms with van der Waals surface area (Å²) in [6, 6.07) is 6.53. The molecule has 15 heavy (non-hydrogen) atoms. The van der Waals surface area contributed by atoms with Crippen LogP contribution in [0.3, 0.4) is 0 Å². The molecule has 80 valence electrons. The van der Waals surface area contributed by atoms with Gasteiger partial charge in [-0.15, -0.1) is 0 Å². The van der Waals surface area contributed by atoms with E-state index in [0.29, 0.717) is 0 Å². The number of halogens is 1. The smallest absolute Gasteiger partial charge is 0.0963 e. The molecular weight excluding hydrogens is 254 g/mol. The molecule has 0 aliphatic carbocycles. The predicted octanol–water partition coefficient (Wildman–Crippen LogP) is 2.56. The van der Waals surface area contributed by atoms with E-state index >= 15 is 0 Å². The minimum absolute atomic E-state index is 0.0152. The molecule has 0 saturated carbocycles. The number of benzene rings is 1. The van der Waals surface area contributed by atoms with Crippen molar-refractivity contribution >= 4 is 15.9 Å². The average molecular weight is 268 g/mol. The van der Waals surface area contributed by atoms with Gasteiger partial charge in [-0.2, -0.15) is 0 Å². The SMILES string of the molecule is Brc1ccc2c(c1)COC21CCNCC1. The molecule has 3 rings (SSSR count). The van der Waals surface area contributed by atoms with Crippen LogP contribution in [0.15, 0.2) is 22.7 Å². The molecule has 1 saturated heterocycles. The van der Waals surface area contributed by atoms with Crippen molar-refractivity contribution in [3.05, 3.63) is 33.8 Å². The summed E-state index contributed by atoms with van der Waals surface area (Å²) in [6.45, 7) is 2.90. The summed E-state index contributed by atoms with van der Waals surface area (Å²) in [5.41, 5.74) is 2.78. The van der Waals surface area contributed by atoms with Gasteiger partial charge in [-0.05, 0) is 49.2 Å². The van der Waals surface area contributed by atoms with Crippen LogP contribution in [-0.4, -0.2) is 13.1 Å². The summed E-state index contributed by atoms with van der Waals surface area (Å²) in [7, 11) is 0. The van der Waals surface area contributed by atoms with E-state index in [4.69, 9.17) is 4.74 Å². The van der Waals surface area contributed by atoms with Gasteiger partial charge in [0.2, 0.25) is 0 Å². The first kappa shape index (κ1) is 9.82. The fraction of sp³-hybridized carbons (Fsp3) is 0.500. The first-order valence-electron chi connectivity index (χ1n) is 5.44. The molecule has 2 aliphatic rings. The lowest BCUT2D eigenvalue weighted by atomic mass is 9.84. The van der Waals surface area contributed by atoms with Gasteiger partial charge < -0.3 is 10.1 Å². The number of rotatable bonds is 0. The van der Waals surface area contributed by atoms with Crippen LogP contribution in [-0.2, 0) is 16.9 Å². The second kappa shape index (κ2) is 3.58. The van der Waals surface area contributed by atoms with E-state index in [-0.39, 0.29) is 5.60 Å². The molecule has 3 heteroatoms. The fourth-order valence-electron chi connectivity index (χ4n) is 2.66. The Hall–Kier alpha value is -0.380. The van der Waals surface area contributed by atoms with Gasteiger partial charge in [0.15, 0.2) is 0 Å². The Bertz CT molecular complexity index is 385. The van der Waals surface area contributed by atoms with Crippen LogP contribution in [0, 0.1) is 0 Å². The molecule has 0 atom stereocenters. The molecular formula is C12H14BrNO. The Morgan fingerprint density at radius 3 is 2.87 bits per heavy atom. The van der Waals surface area contributed by atoms with Crippen molar-refractivity contribution in [2.75, 3.05) is 13.1 Å². The van der Waals surface area contributed by atoms with Gasteiger partial charge in [0.25, 0.3) is 0 Å². The third kappa shape index (κ3) is 1.53. The van der Waals surface area contributed by atoms with Crippen LogP contribution in [0.25, 0.3) is 0 Å². The molecule has 2 nitrogen and oxygen atoms in total. The summed E-state index contributed by atoms with van der Waals surface area (Å²) < 4.78 is 7.19. The Morgan fingerprint density at radius 2 is 2.07 bits per heavy atom. The predicted molar refractivity (Wildman–Crippen MR) is 62.7 cm³/mol. The zero-order valence-corrected chi connectivity index (χ0v) is 10.1. The standard InChI is InChI=1S/C12H14BrNO/c13-10-1-2-11-9(7-10)8-15-12(11)3-5-14-6-4-12/h1-2,7,14H,3-6,8H2. The highest BCUT2D eigenvalue weighted by atomic mass is 79.9. The number of fused-ring (bicyclic) bond motifs is 2. The summed E-state index contributed by atoms with van der Waals surface area (Å²) in [4.78, 5) is 0. The Balaban J connectivity index is 2.03. The minimum atomic E-state index is 0.0152. The first-order chi connectivity index (χ1) is 7.30. The van der Waals surface area contributed by atoms with E-state index < -0.39 is 0 Å². The number of hydrogen-bond acceptors (Lipinski definition) is 2. The Kier molecular flexibility index (Phi) is 2.34. The quantitative estimate of drug-likeness (QED) is 0.780. The zero-order valence-electron chi connectivity index (χ0n) is 8.55. The van der Waals surface area contributed by atoms with E-state index in [2.05, 4.69) is 39.4 Å². The molecule has 0 radical (unpaired) electrons. The van der Waals surface area contributed by atoms with E-state index in [1.54, 1.807) is 0 Å². The van der Waals surface area contributed by atoms with Crippen LogP contribution in [0.2, 0.25) is 0 Å². The maximum absolute atomic E-state index is 6.05. The fourth-order valence-corrected chi connectivity index (χ4v) is 3.07. The van der Waals surface area contributed by atoms with Gasteiger partial charge in [0.05, 0.1) is 12.2 Å². The molecule has 1 spiro atoms. The van der Waals surface area contributed by atoms with E-state index in [9.17, 15) is 0 Å². The van der Waals surface area contributed by atoms with Crippen molar-refractivity contribution < 1.29 is 4.74 Å². The number of piperidine rings is 1. The van der Waals surface area contributed by atoms with Gasteiger partial charge in [-0.25, -0.2) is 0 Å². The average Bonchev–Trinajstić information content (AvgIpc) is 2.58. The lowest BCUT2D eigenvalue weighted by Gasteiger charge is -2.33. The highest BCUT2D eigenvalue weighted by Crippen LogP contribution is 2.43. The molecule has 0 amide bonds. The Morgan fingerprint density at radius 1 is 1.27 bits per heavy atom. The summed E-state index contributed by atoms with van der Waals surface area (Å²) in [5, 5.41) is 3.39. The van der Waals surface area contributed by atoms with E-state index in [1.165, 1.54) is 11.1 Å². The van der Waals surface area contributed by atoms with Gasteiger partial charge >= 0.3 is 0 Å². The maximum Gasteiger partial charge on any atom is 0.0963 e. The van der Waals surface area contributed by atoms with Crippen LogP contribution < -0.4 is 5.32 Å². The maximum atomic E-state index is 6.05. The third-order valence-electron chi connectivity index (χ3n) is 3.47. The third-order valence-corrected chi connectivity index (χ3v) is 3.97. The molecule has 1 N–H and O–H groups in total. The molecule has 1 fully saturated rings. The second-order valence-electron chi connectivity index (χ2n) is 4.33. The van der Waals surface area contributed by atoms with Crippen molar-refractivity contribution in [3.63, 3.8) is 0 Å². The topological polar surface area (TPSA) is 21.3 Å². The van der Waals surface area contributed by atoms with Gasteiger partial charge in [0, 0.05) is 4.47 Å². The molecule has 0 bridgehead atoms. The molecule has 1 aromatic carbocycles. The van der Waals surface area contributed by atoms with Gasteiger partial charge in [0.1, 0.15) is 0 Å². The van der Waals surface area contributed by atoms with Crippen LogP contribution in [0.1, 0.15) is 24.0 Å². The van der Waals surface area contributed by atoms with Crippen molar-refractivity contribution in [2.24, 2.45) is 0 Å². The first-order valence-corrected chi connectivity index (χ1v) is 6.23. The largest absolute Gasteiger partial charge is 0.365 e. The normalized spacial score (nSPS) is 23.0. The van der Waals surface area contributed by atoms with Crippen molar-refractivity contribution in [1.82, 2.24) is 5.32 Å². The molecule has 1 aromatic rings. The van der Waals surface area contributed by atoms with Gasteiger partial charge in [-0.1, -0.05) is 22.0 Å². The molecule has 0 aromatic heterocycles. The lowest BCUT2D eigenvalue weighted by molar-refractivity contribution is -0.0590. The number of hydrogen-bond donors (Lipinski definition) is 1. The monoisotopic (exact) mass is 267 g/mol. The van der Waals surface area contributed by atoms with Crippen LogP contribution in [0.4, 0.5) is 0 Å². The lowest BCUT2D eigenvalue weighted by Crippen LogP contribution is -2.39. The zero-order chi connectivity index (χ0) is 10.3. The minimum Gasteiger partial charge on any atom is -0.365 e. The van der Waals surface area contributed by atoms with E-state index in [1.807, 2.05) is 0 Å². The summed E-state index contributed by atoms with van der Waals surface area (Å²) >= 11 is 3.51. The van der Waals surface area contributed by atoms with Crippen molar-refractivity contribution in [3.8, 4) is 0 Å². The second-order valence-corrected chi connectivity index (χ2v) is 5.25. The highest BCUT2D eigenvalue weighted by molar-refractivity contribution is 9.10. The van der Waals surface area contributed by atoms with Gasteiger partial charge in [-0.3, -0.25) is 0 Å². The highest BCUT2D eigenvalue weighted by Gasteiger charge is 2.40. The summed E-state index contributed by atoms with van der Waals surface area (Å²) in [6.07, 6.45) is 2.20. The number of ether oxygens (including phenoxy) is 1. The van der Waals surface area contributed by atoms with Crippen LogP contribution in [0.5, 0.6) is 0 Å². The van der Waals surface area contributed by atoms with E-state index in [0.717, 1.165) is 37.0 Å². The number of nitrogens with one attached hydrogen (secondary N) is 1. The molecule has 0 unspecified atom stereocenters. The van der Waals surface area contributed by atoms with Crippen LogP contribution >= 0.6 is 15.9 Å². The Labute approximate surface area is 98.1 Å².